The van der Waals surface area contributed by atoms with Crippen molar-refractivity contribution in [2.24, 2.45) is 0 Å². The molecule has 0 saturated carbocycles. The Labute approximate surface area is 160 Å². The molecule has 0 aliphatic carbocycles. The number of fused-ring (bicyclic) bond motifs is 1. The van der Waals surface area contributed by atoms with Crippen molar-refractivity contribution in [2.75, 3.05) is 7.11 Å². The van der Waals surface area contributed by atoms with Crippen LogP contribution in [0.15, 0.2) is 51.3 Å². The number of ether oxygens (including phenoxy) is 2. The molecule has 4 aromatic rings. The fraction of sp³-hybridized carbons (Fsp3) is 0.190. The van der Waals surface area contributed by atoms with Crippen LogP contribution < -0.4 is 4.74 Å². The molecule has 2 aromatic heterocycles. The standard InChI is InChI=1S/C21H18N2O5/c1-12-8-16(13(2)27-12)20-23-22-19(28-20)11-26-21(24)17-9-14-6-4-5-7-15(14)10-18(17)25-3/h4-10H,11H2,1-3H3. The van der Waals surface area contributed by atoms with Gasteiger partial charge in [-0.15, -0.1) is 10.2 Å². The average Bonchev–Trinajstić information content (AvgIpc) is 3.30. The van der Waals surface area contributed by atoms with Gasteiger partial charge in [0.2, 0.25) is 0 Å². The molecule has 2 aromatic carbocycles. The van der Waals surface area contributed by atoms with E-state index in [-0.39, 0.29) is 12.5 Å². The number of nitrogens with zero attached hydrogens (tertiary/aromatic N) is 2. The largest absolute Gasteiger partial charge is 0.496 e. The Morgan fingerprint density at radius 1 is 1.04 bits per heavy atom. The summed E-state index contributed by atoms with van der Waals surface area (Å²) in [6.45, 7) is 3.52. The van der Waals surface area contributed by atoms with Crippen molar-refractivity contribution in [1.82, 2.24) is 10.2 Å². The van der Waals surface area contributed by atoms with Gasteiger partial charge >= 0.3 is 5.97 Å². The van der Waals surface area contributed by atoms with Crippen LogP contribution in [0.2, 0.25) is 0 Å². The highest BCUT2D eigenvalue weighted by molar-refractivity contribution is 5.98. The van der Waals surface area contributed by atoms with E-state index < -0.39 is 5.97 Å². The molecule has 4 rings (SSSR count). The monoisotopic (exact) mass is 378 g/mol. The number of benzene rings is 2. The third-order valence-electron chi connectivity index (χ3n) is 4.35. The lowest BCUT2D eigenvalue weighted by molar-refractivity contribution is 0.0435. The summed E-state index contributed by atoms with van der Waals surface area (Å²) in [4.78, 5) is 12.6. The van der Waals surface area contributed by atoms with Crippen LogP contribution in [-0.4, -0.2) is 23.3 Å². The van der Waals surface area contributed by atoms with Gasteiger partial charge in [0.15, 0.2) is 6.61 Å². The average molecular weight is 378 g/mol. The highest BCUT2D eigenvalue weighted by atomic mass is 16.5. The first-order valence-electron chi connectivity index (χ1n) is 8.69. The molecule has 0 aliphatic rings. The van der Waals surface area contributed by atoms with Gasteiger partial charge in [0.1, 0.15) is 22.8 Å². The van der Waals surface area contributed by atoms with Gasteiger partial charge in [-0.1, -0.05) is 24.3 Å². The van der Waals surface area contributed by atoms with Gasteiger partial charge in [-0.25, -0.2) is 4.79 Å². The fourth-order valence-electron chi connectivity index (χ4n) is 3.02. The molecule has 0 unspecified atom stereocenters. The first-order chi connectivity index (χ1) is 13.5. The minimum Gasteiger partial charge on any atom is -0.496 e. The predicted octanol–water partition coefficient (Wildman–Crippen LogP) is 4.47. The van der Waals surface area contributed by atoms with Crippen LogP contribution in [0.3, 0.4) is 0 Å². The number of carbonyl (C=O) groups is 1. The number of rotatable bonds is 5. The van der Waals surface area contributed by atoms with Gasteiger partial charge in [-0.05, 0) is 42.8 Å². The number of esters is 1. The summed E-state index contributed by atoms with van der Waals surface area (Å²) in [5.74, 6) is 1.87. The predicted molar refractivity (Wildman–Crippen MR) is 101 cm³/mol. The third-order valence-corrected chi connectivity index (χ3v) is 4.35. The van der Waals surface area contributed by atoms with Crippen LogP contribution in [0.1, 0.15) is 27.8 Å². The van der Waals surface area contributed by atoms with Crippen LogP contribution in [0, 0.1) is 13.8 Å². The smallest absolute Gasteiger partial charge is 0.342 e. The van der Waals surface area contributed by atoms with Crippen molar-refractivity contribution >= 4 is 16.7 Å². The summed E-state index contributed by atoms with van der Waals surface area (Å²) in [7, 11) is 1.51. The quantitative estimate of drug-likeness (QED) is 0.474. The van der Waals surface area contributed by atoms with Crippen molar-refractivity contribution in [2.45, 2.75) is 20.5 Å². The van der Waals surface area contributed by atoms with E-state index in [1.54, 1.807) is 12.1 Å². The van der Waals surface area contributed by atoms with Crippen molar-refractivity contribution < 1.29 is 23.1 Å². The lowest BCUT2D eigenvalue weighted by Gasteiger charge is -2.09. The Morgan fingerprint density at radius 2 is 1.79 bits per heavy atom. The van der Waals surface area contributed by atoms with Crippen LogP contribution in [0.25, 0.3) is 22.2 Å². The normalized spacial score (nSPS) is 11.0. The number of aryl methyl sites for hydroxylation is 2. The van der Waals surface area contributed by atoms with E-state index in [4.69, 9.17) is 18.3 Å². The molecule has 28 heavy (non-hydrogen) atoms. The Morgan fingerprint density at radius 3 is 2.46 bits per heavy atom. The zero-order chi connectivity index (χ0) is 19.7. The lowest BCUT2D eigenvalue weighted by atomic mass is 10.1. The first-order valence-corrected chi connectivity index (χ1v) is 8.69. The van der Waals surface area contributed by atoms with Crippen LogP contribution in [0.4, 0.5) is 0 Å². The highest BCUT2D eigenvalue weighted by Crippen LogP contribution is 2.28. The molecule has 7 heteroatoms. The molecule has 0 atom stereocenters. The molecule has 7 nitrogen and oxygen atoms in total. The lowest BCUT2D eigenvalue weighted by Crippen LogP contribution is -2.07. The van der Waals surface area contributed by atoms with Gasteiger partial charge < -0.3 is 18.3 Å². The molecule has 0 radical (unpaired) electrons. The summed E-state index contributed by atoms with van der Waals surface area (Å²) in [6, 6.07) is 13.1. The first kappa shape index (κ1) is 17.8. The number of hydrogen-bond donors (Lipinski definition) is 0. The molecular weight excluding hydrogens is 360 g/mol. The number of hydrogen-bond acceptors (Lipinski definition) is 7. The van der Waals surface area contributed by atoms with Gasteiger partial charge in [0.05, 0.1) is 12.7 Å². The second kappa shape index (κ2) is 7.19. The summed E-state index contributed by atoms with van der Waals surface area (Å²) in [5, 5.41) is 9.82. The Hall–Kier alpha value is -3.61. The summed E-state index contributed by atoms with van der Waals surface area (Å²) in [5.41, 5.74) is 1.06. The van der Waals surface area contributed by atoms with Crippen LogP contribution in [-0.2, 0) is 11.3 Å². The highest BCUT2D eigenvalue weighted by Gasteiger charge is 2.18. The summed E-state index contributed by atoms with van der Waals surface area (Å²) >= 11 is 0. The Balaban J connectivity index is 1.52. The van der Waals surface area contributed by atoms with Crippen molar-refractivity contribution in [3.63, 3.8) is 0 Å². The van der Waals surface area contributed by atoms with Gasteiger partial charge in [0.25, 0.3) is 11.8 Å². The second-order valence-electron chi connectivity index (χ2n) is 6.30. The number of furan rings is 1. The number of carbonyl (C=O) groups excluding carboxylic acids is 1. The van der Waals surface area contributed by atoms with Crippen molar-refractivity contribution in [1.29, 1.82) is 0 Å². The molecule has 2 heterocycles. The maximum Gasteiger partial charge on any atom is 0.342 e. The SMILES string of the molecule is COc1cc2ccccc2cc1C(=O)OCc1nnc(-c2cc(C)oc2C)o1. The van der Waals surface area contributed by atoms with Gasteiger partial charge in [0, 0.05) is 0 Å². The molecule has 0 fully saturated rings. The molecule has 0 saturated heterocycles. The molecule has 0 aliphatic heterocycles. The minimum atomic E-state index is -0.530. The third kappa shape index (κ3) is 3.34. The van der Waals surface area contributed by atoms with Crippen molar-refractivity contribution in [3.8, 4) is 17.2 Å². The topological polar surface area (TPSA) is 87.6 Å². The molecule has 0 amide bonds. The molecule has 0 bridgehead atoms. The number of methoxy groups -OCH3 is 1. The molecular formula is C21H18N2O5. The second-order valence-corrected chi connectivity index (χ2v) is 6.30. The van der Waals surface area contributed by atoms with Crippen LogP contribution >= 0.6 is 0 Å². The Bertz CT molecular complexity index is 1160. The summed E-state index contributed by atoms with van der Waals surface area (Å²) < 4.78 is 21.7. The zero-order valence-corrected chi connectivity index (χ0v) is 15.7. The number of aromatic nitrogens is 2. The minimum absolute atomic E-state index is 0.141. The zero-order valence-electron chi connectivity index (χ0n) is 15.7. The van der Waals surface area contributed by atoms with Crippen LogP contribution in [0.5, 0.6) is 5.75 Å². The molecule has 0 spiro atoms. The van der Waals surface area contributed by atoms with E-state index in [9.17, 15) is 4.79 Å². The fourth-order valence-corrected chi connectivity index (χ4v) is 3.02. The maximum absolute atomic E-state index is 12.6. The summed E-state index contributed by atoms with van der Waals surface area (Å²) in [6.07, 6.45) is 0. The van der Waals surface area contributed by atoms with Gasteiger partial charge in [-0.3, -0.25) is 0 Å². The van der Waals surface area contributed by atoms with E-state index in [1.807, 2.05) is 44.2 Å². The maximum atomic E-state index is 12.6. The van der Waals surface area contributed by atoms with E-state index in [0.717, 1.165) is 22.1 Å². The molecule has 0 N–H and O–H groups in total. The van der Waals surface area contributed by atoms with E-state index in [0.29, 0.717) is 23.0 Å². The molecule has 142 valence electrons. The van der Waals surface area contributed by atoms with E-state index >= 15 is 0 Å². The van der Waals surface area contributed by atoms with E-state index in [1.165, 1.54) is 7.11 Å². The Kier molecular flexibility index (Phi) is 4.57. The van der Waals surface area contributed by atoms with Gasteiger partial charge in [-0.2, -0.15) is 0 Å². The van der Waals surface area contributed by atoms with E-state index in [2.05, 4.69) is 10.2 Å². The van der Waals surface area contributed by atoms with Crippen molar-refractivity contribution in [3.05, 3.63) is 65.4 Å².